The Morgan fingerprint density at radius 2 is 1.03 bits per heavy atom. The molecule has 0 spiro atoms. The second-order valence-electron chi connectivity index (χ2n) is 9.65. The summed E-state index contributed by atoms with van der Waals surface area (Å²) in [5.74, 6) is 1.71. The summed E-state index contributed by atoms with van der Waals surface area (Å²) in [6.45, 7) is 9.14. The summed E-state index contributed by atoms with van der Waals surface area (Å²) in [5, 5.41) is 6.84. The molecule has 4 fully saturated rings. The Morgan fingerprint density at radius 3 is 1.34 bits per heavy atom. The van der Waals surface area contributed by atoms with Crippen LogP contribution >= 0.6 is 0 Å². The van der Waals surface area contributed by atoms with E-state index in [1.807, 2.05) is 24.5 Å². The molecule has 0 unspecified atom stereocenters. The molecule has 2 aliphatic heterocycles. The summed E-state index contributed by atoms with van der Waals surface area (Å²) < 4.78 is 0. The van der Waals surface area contributed by atoms with Crippen molar-refractivity contribution in [3.63, 3.8) is 0 Å². The van der Waals surface area contributed by atoms with Crippen molar-refractivity contribution in [3.8, 4) is 0 Å². The molecule has 6 heteroatoms. The number of hydrogen-bond acceptors (Lipinski definition) is 6. The molecule has 0 amide bonds. The monoisotopic (exact) mass is 434 g/mol. The average molecular weight is 435 g/mol. The van der Waals surface area contributed by atoms with Crippen LogP contribution in [0.5, 0.6) is 0 Å². The Morgan fingerprint density at radius 1 is 0.625 bits per heavy atom. The smallest absolute Gasteiger partial charge is 0.0578 e. The van der Waals surface area contributed by atoms with Gasteiger partial charge in [-0.2, -0.15) is 0 Å². The van der Waals surface area contributed by atoms with E-state index in [-0.39, 0.29) is 0 Å². The van der Waals surface area contributed by atoms with Crippen molar-refractivity contribution in [3.05, 3.63) is 60.2 Å². The molecule has 172 valence electrons. The fraction of sp³-hybridized carbons (Fsp3) is 0.615. The predicted molar refractivity (Wildman–Crippen MR) is 128 cm³/mol. The van der Waals surface area contributed by atoms with E-state index in [1.54, 1.807) is 0 Å². The van der Waals surface area contributed by atoms with Gasteiger partial charge < -0.3 is 10.6 Å². The Labute approximate surface area is 192 Å². The molecule has 2 N–H and O–H groups in total. The standard InChI is InChI=1S/2C13H19N3/c2*1-2-6-15-12(3-1)13(11-4-5-11)16-9-7-14-8-10-16/h2*1-3,6,11,13-14H,4-5,7-10H2/t2*13-/m10/s1. The van der Waals surface area contributed by atoms with Crippen molar-refractivity contribution in [2.75, 3.05) is 52.4 Å². The number of rotatable bonds is 6. The first kappa shape index (κ1) is 22.0. The van der Waals surface area contributed by atoms with Crippen LogP contribution in [-0.4, -0.2) is 72.1 Å². The fourth-order valence-electron chi connectivity index (χ4n) is 5.30. The summed E-state index contributed by atoms with van der Waals surface area (Å²) in [4.78, 5) is 14.3. The molecule has 2 saturated carbocycles. The highest BCUT2D eigenvalue weighted by molar-refractivity contribution is 5.14. The lowest BCUT2D eigenvalue weighted by Gasteiger charge is -2.34. The topological polar surface area (TPSA) is 56.3 Å². The molecule has 2 aromatic heterocycles. The zero-order valence-electron chi connectivity index (χ0n) is 19.2. The lowest BCUT2D eigenvalue weighted by Crippen LogP contribution is -2.45. The highest BCUT2D eigenvalue weighted by atomic mass is 15.2. The van der Waals surface area contributed by atoms with Crippen LogP contribution in [0.15, 0.2) is 48.8 Å². The minimum absolute atomic E-state index is 0.572. The molecule has 6 nitrogen and oxygen atoms in total. The van der Waals surface area contributed by atoms with Crippen molar-refractivity contribution >= 4 is 0 Å². The maximum atomic E-state index is 4.55. The van der Waals surface area contributed by atoms with Gasteiger partial charge in [0.25, 0.3) is 0 Å². The third kappa shape index (κ3) is 5.73. The molecule has 0 aromatic carbocycles. The minimum Gasteiger partial charge on any atom is -0.314 e. The van der Waals surface area contributed by atoms with Crippen LogP contribution in [0.4, 0.5) is 0 Å². The molecule has 6 rings (SSSR count). The summed E-state index contributed by atoms with van der Waals surface area (Å²) in [7, 11) is 0. The molecule has 2 saturated heterocycles. The molecule has 0 bridgehead atoms. The van der Waals surface area contributed by atoms with Gasteiger partial charge in [0.1, 0.15) is 0 Å². The zero-order chi connectivity index (χ0) is 21.6. The van der Waals surface area contributed by atoms with Gasteiger partial charge in [-0.1, -0.05) is 12.1 Å². The van der Waals surface area contributed by atoms with Gasteiger partial charge in [0.05, 0.1) is 23.5 Å². The molecule has 2 atom stereocenters. The maximum Gasteiger partial charge on any atom is 0.0578 e. The first-order chi connectivity index (χ1) is 15.9. The highest BCUT2D eigenvalue weighted by Crippen LogP contribution is 2.44. The van der Waals surface area contributed by atoms with Gasteiger partial charge in [-0.3, -0.25) is 19.8 Å². The predicted octanol–water partition coefficient (Wildman–Crippen LogP) is 2.88. The van der Waals surface area contributed by atoms with E-state index in [0.717, 1.165) is 64.2 Å². The molecular weight excluding hydrogens is 396 g/mol. The number of nitrogens with one attached hydrogen (secondary N) is 2. The van der Waals surface area contributed by atoms with Crippen molar-refractivity contribution in [1.29, 1.82) is 0 Å². The van der Waals surface area contributed by atoms with E-state index < -0.39 is 0 Å². The third-order valence-corrected chi connectivity index (χ3v) is 7.21. The van der Waals surface area contributed by atoms with E-state index in [1.165, 1.54) is 37.1 Å². The SMILES string of the molecule is c1ccc([C@@H](C2CC2)N2CCNCC2)nc1.c1ccc([C@H](C2CC2)N2CCNCC2)nc1. The van der Waals surface area contributed by atoms with Gasteiger partial charge in [-0.05, 0) is 61.8 Å². The summed E-state index contributed by atoms with van der Waals surface area (Å²) in [5.41, 5.74) is 2.54. The average Bonchev–Trinajstić information content (AvgIpc) is 3.79. The van der Waals surface area contributed by atoms with E-state index in [9.17, 15) is 0 Å². The lowest BCUT2D eigenvalue weighted by molar-refractivity contribution is 0.153. The Bertz CT molecular complexity index is 726. The van der Waals surface area contributed by atoms with Crippen LogP contribution in [0.2, 0.25) is 0 Å². The van der Waals surface area contributed by atoms with Crippen molar-refractivity contribution < 1.29 is 0 Å². The Balaban J connectivity index is 0.000000135. The second kappa shape index (κ2) is 10.8. The van der Waals surface area contributed by atoms with E-state index in [2.05, 4.69) is 54.7 Å². The maximum absolute atomic E-state index is 4.55. The first-order valence-electron chi connectivity index (χ1n) is 12.6. The van der Waals surface area contributed by atoms with E-state index in [4.69, 9.17) is 0 Å². The van der Waals surface area contributed by atoms with Gasteiger partial charge in [-0.15, -0.1) is 0 Å². The molecule has 4 aliphatic rings. The quantitative estimate of drug-likeness (QED) is 0.729. The number of pyridine rings is 2. The zero-order valence-corrected chi connectivity index (χ0v) is 19.2. The normalized spacial score (nSPS) is 24.2. The summed E-state index contributed by atoms with van der Waals surface area (Å²) >= 11 is 0. The van der Waals surface area contributed by atoms with Crippen LogP contribution in [0.25, 0.3) is 0 Å². The summed E-state index contributed by atoms with van der Waals surface area (Å²) in [6, 6.07) is 13.7. The minimum atomic E-state index is 0.572. The van der Waals surface area contributed by atoms with Crippen LogP contribution in [0.1, 0.15) is 49.2 Å². The van der Waals surface area contributed by atoms with E-state index in [0.29, 0.717) is 12.1 Å². The summed E-state index contributed by atoms with van der Waals surface area (Å²) in [6.07, 6.45) is 9.37. The van der Waals surface area contributed by atoms with Gasteiger partial charge in [0, 0.05) is 64.8 Å². The molecular formula is C26H38N6. The molecule has 32 heavy (non-hydrogen) atoms. The van der Waals surface area contributed by atoms with Gasteiger partial charge in [-0.25, -0.2) is 0 Å². The molecule has 2 aliphatic carbocycles. The number of aromatic nitrogens is 2. The Kier molecular flexibility index (Phi) is 7.44. The van der Waals surface area contributed by atoms with Crippen molar-refractivity contribution in [1.82, 2.24) is 30.4 Å². The number of hydrogen-bond donors (Lipinski definition) is 2. The fourth-order valence-corrected chi connectivity index (χ4v) is 5.30. The number of nitrogens with zero attached hydrogens (tertiary/aromatic N) is 4. The van der Waals surface area contributed by atoms with Gasteiger partial charge in [0.2, 0.25) is 0 Å². The largest absolute Gasteiger partial charge is 0.314 e. The van der Waals surface area contributed by atoms with Gasteiger partial charge in [0.15, 0.2) is 0 Å². The third-order valence-electron chi connectivity index (χ3n) is 7.21. The van der Waals surface area contributed by atoms with Crippen LogP contribution in [-0.2, 0) is 0 Å². The van der Waals surface area contributed by atoms with Crippen molar-refractivity contribution in [2.24, 2.45) is 11.8 Å². The molecule has 2 aromatic rings. The highest BCUT2D eigenvalue weighted by Gasteiger charge is 2.38. The van der Waals surface area contributed by atoms with Gasteiger partial charge >= 0.3 is 0 Å². The van der Waals surface area contributed by atoms with E-state index >= 15 is 0 Å². The number of piperazine rings is 2. The Hall–Kier alpha value is -1.86. The van der Waals surface area contributed by atoms with Crippen LogP contribution < -0.4 is 10.6 Å². The molecule has 4 heterocycles. The molecule has 0 radical (unpaired) electrons. The first-order valence-corrected chi connectivity index (χ1v) is 12.6. The second-order valence-corrected chi connectivity index (χ2v) is 9.65. The van der Waals surface area contributed by atoms with Crippen LogP contribution in [0.3, 0.4) is 0 Å². The van der Waals surface area contributed by atoms with Crippen molar-refractivity contribution in [2.45, 2.75) is 37.8 Å². The van der Waals surface area contributed by atoms with Crippen LogP contribution in [0, 0.1) is 11.8 Å². The lowest BCUT2D eigenvalue weighted by atomic mass is 10.1.